The van der Waals surface area contributed by atoms with Gasteiger partial charge in [0.05, 0.1) is 6.04 Å². The van der Waals surface area contributed by atoms with Crippen LogP contribution in [0.15, 0.2) is 0 Å². The predicted molar refractivity (Wildman–Crippen MR) is 121 cm³/mol. The summed E-state index contributed by atoms with van der Waals surface area (Å²) in [4.78, 5) is 60.1. The third-order valence-electron chi connectivity index (χ3n) is 5.06. The number of hydrogen-bond acceptors (Lipinski definition) is 7. The van der Waals surface area contributed by atoms with Gasteiger partial charge in [-0.1, -0.05) is 27.7 Å². The molecule has 0 aromatic carbocycles. The van der Waals surface area contributed by atoms with Crippen LogP contribution in [0.2, 0.25) is 0 Å². The minimum Gasteiger partial charge on any atom is -0.481 e. The van der Waals surface area contributed by atoms with Crippen molar-refractivity contribution in [1.29, 1.82) is 0 Å². The van der Waals surface area contributed by atoms with Crippen LogP contribution in [0.25, 0.3) is 0 Å². The van der Waals surface area contributed by atoms with Crippen molar-refractivity contribution >= 4 is 29.7 Å². The molecule has 9 N–H and O–H groups in total. The predicted octanol–water partition coefficient (Wildman–Crippen LogP) is -0.841. The van der Waals surface area contributed by atoms with E-state index < -0.39 is 53.8 Å². The summed E-state index contributed by atoms with van der Waals surface area (Å²) in [6.45, 7) is 7.18. The summed E-state index contributed by atoms with van der Waals surface area (Å²) in [5.41, 5.74) is 11.1. The molecule has 33 heavy (non-hydrogen) atoms. The average Bonchev–Trinajstić information content (AvgIpc) is 2.72. The second kappa shape index (κ2) is 15.2. The van der Waals surface area contributed by atoms with Gasteiger partial charge in [0.15, 0.2) is 0 Å². The lowest BCUT2D eigenvalue weighted by Crippen LogP contribution is -2.59. The molecule has 0 saturated heterocycles. The molecular weight excluding hydrogens is 434 g/mol. The molecule has 0 radical (unpaired) electrons. The third kappa shape index (κ3) is 11.6. The SMILES string of the molecule is CC(C)C(NC(=O)C(N)CCC(=O)O)C(=O)NC(C(=O)NC(CCCCN)C(=O)O)C(C)C. The fourth-order valence-corrected chi connectivity index (χ4v) is 3.00. The first-order valence-electron chi connectivity index (χ1n) is 11.1. The van der Waals surface area contributed by atoms with Crippen molar-refractivity contribution in [1.82, 2.24) is 16.0 Å². The third-order valence-corrected chi connectivity index (χ3v) is 5.06. The Morgan fingerprint density at radius 1 is 0.758 bits per heavy atom. The van der Waals surface area contributed by atoms with Gasteiger partial charge in [0.2, 0.25) is 17.7 Å². The highest BCUT2D eigenvalue weighted by Gasteiger charge is 2.33. The Morgan fingerprint density at radius 2 is 1.24 bits per heavy atom. The minimum absolute atomic E-state index is 0.0919. The van der Waals surface area contributed by atoms with Crippen molar-refractivity contribution in [3.05, 3.63) is 0 Å². The monoisotopic (exact) mass is 473 g/mol. The molecule has 0 fully saturated rings. The number of unbranched alkanes of at least 4 members (excludes halogenated alkanes) is 1. The number of carbonyl (C=O) groups excluding carboxylic acids is 3. The van der Waals surface area contributed by atoms with E-state index >= 15 is 0 Å². The van der Waals surface area contributed by atoms with Crippen LogP contribution in [-0.2, 0) is 24.0 Å². The van der Waals surface area contributed by atoms with Crippen LogP contribution in [0.1, 0.15) is 59.8 Å². The molecule has 0 bridgehead atoms. The number of hydrogen-bond donors (Lipinski definition) is 7. The van der Waals surface area contributed by atoms with E-state index in [1.807, 2.05) is 0 Å². The largest absolute Gasteiger partial charge is 0.481 e. The normalized spacial score (nSPS) is 14.8. The number of nitrogens with two attached hydrogens (primary N) is 2. The Morgan fingerprint density at radius 3 is 1.67 bits per heavy atom. The maximum Gasteiger partial charge on any atom is 0.326 e. The van der Waals surface area contributed by atoms with Crippen LogP contribution in [-0.4, -0.2) is 70.6 Å². The molecule has 0 aromatic heterocycles. The summed E-state index contributed by atoms with van der Waals surface area (Å²) < 4.78 is 0. The van der Waals surface area contributed by atoms with Crippen LogP contribution in [0, 0.1) is 11.8 Å². The highest BCUT2D eigenvalue weighted by atomic mass is 16.4. The van der Waals surface area contributed by atoms with Crippen LogP contribution in [0.5, 0.6) is 0 Å². The van der Waals surface area contributed by atoms with Gasteiger partial charge in [-0.15, -0.1) is 0 Å². The number of carboxylic acids is 2. The Labute approximate surface area is 194 Å². The van der Waals surface area contributed by atoms with Gasteiger partial charge in [0.25, 0.3) is 0 Å². The van der Waals surface area contributed by atoms with Gasteiger partial charge in [0.1, 0.15) is 18.1 Å². The second-order valence-electron chi connectivity index (χ2n) is 8.68. The lowest BCUT2D eigenvalue weighted by Gasteiger charge is -2.28. The molecule has 4 unspecified atom stereocenters. The van der Waals surface area contributed by atoms with Gasteiger partial charge in [0, 0.05) is 6.42 Å². The van der Waals surface area contributed by atoms with Gasteiger partial charge in [-0.2, -0.15) is 0 Å². The van der Waals surface area contributed by atoms with Crippen molar-refractivity contribution in [2.75, 3.05) is 6.54 Å². The molecule has 0 rings (SSSR count). The van der Waals surface area contributed by atoms with Crippen LogP contribution >= 0.6 is 0 Å². The van der Waals surface area contributed by atoms with Crippen LogP contribution in [0.3, 0.4) is 0 Å². The Hall–Kier alpha value is -2.73. The molecule has 0 spiro atoms. The first-order chi connectivity index (χ1) is 15.3. The average molecular weight is 474 g/mol. The quantitative estimate of drug-likeness (QED) is 0.139. The lowest BCUT2D eigenvalue weighted by atomic mass is 9.98. The summed E-state index contributed by atoms with van der Waals surface area (Å²) in [6, 6.07) is -4.28. The molecule has 4 atom stereocenters. The van der Waals surface area contributed by atoms with E-state index in [1.54, 1.807) is 27.7 Å². The molecule has 0 heterocycles. The molecule has 0 aliphatic rings. The zero-order valence-electron chi connectivity index (χ0n) is 19.8. The highest BCUT2D eigenvalue weighted by molar-refractivity contribution is 5.94. The Kier molecular flexibility index (Phi) is 13.9. The lowest BCUT2D eigenvalue weighted by molar-refractivity contribution is -0.143. The smallest absolute Gasteiger partial charge is 0.326 e. The van der Waals surface area contributed by atoms with Crippen molar-refractivity contribution in [2.24, 2.45) is 23.3 Å². The highest BCUT2D eigenvalue weighted by Crippen LogP contribution is 2.09. The van der Waals surface area contributed by atoms with E-state index in [0.29, 0.717) is 19.4 Å². The summed E-state index contributed by atoms with van der Waals surface area (Å²) in [7, 11) is 0. The zero-order valence-corrected chi connectivity index (χ0v) is 19.8. The molecule has 3 amide bonds. The van der Waals surface area contributed by atoms with Crippen LogP contribution < -0.4 is 27.4 Å². The number of nitrogens with one attached hydrogen (secondary N) is 3. The molecule has 0 aromatic rings. The first-order valence-corrected chi connectivity index (χ1v) is 11.1. The second-order valence-corrected chi connectivity index (χ2v) is 8.68. The maximum absolute atomic E-state index is 12.9. The molecule has 0 saturated carbocycles. The number of carboxylic acid groups (broad SMARTS) is 2. The maximum atomic E-state index is 12.9. The standard InChI is InChI=1S/C21H39N5O7/c1-11(2)16(19(30)24-14(21(32)33)7-5-6-10-22)26-20(31)17(12(3)4)25-18(29)13(23)8-9-15(27)28/h11-14,16-17H,5-10,22-23H2,1-4H3,(H,24,30)(H,25,29)(H,26,31)(H,27,28)(H,32,33). The van der Waals surface area contributed by atoms with Crippen molar-refractivity contribution in [3.8, 4) is 0 Å². The molecule has 12 nitrogen and oxygen atoms in total. The first kappa shape index (κ1) is 30.3. The van der Waals surface area contributed by atoms with Gasteiger partial charge >= 0.3 is 11.9 Å². The fraction of sp³-hybridized carbons (Fsp3) is 0.762. The molecule has 0 aliphatic carbocycles. The fourth-order valence-electron chi connectivity index (χ4n) is 3.00. The van der Waals surface area contributed by atoms with Gasteiger partial charge < -0.3 is 37.6 Å². The van der Waals surface area contributed by atoms with E-state index in [0.717, 1.165) is 0 Å². The summed E-state index contributed by atoms with van der Waals surface area (Å²) >= 11 is 0. The number of carbonyl (C=O) groups is 5. The van der Waals surface area contributed by atoms with E-state index in [9.17, 15) is 29.1 Å². The number of aliphatic carboxylic acids is 2. The van der Waals surface area contributed by atoms with E-state index in [-0.39, 0.29) is 31.1 Å². The van der Waals surface area contributed by atoms with Gasteiger partial charge in [-0.3, -0.25) is 19.2 Å². The molecule has 0 aliphatic heterocycles. The summed E-state index contributed by atoms with van der Waals surface area (Å²) in [5.74, 6) is -4.96. The zero-order chi connectivity index (χ0) is 25.7. The molecular formula is C21H39N5O7. The summed E-state index contributed by atoms with van der Waals surface area (Å²) in [5, 5.41) is 25.7. The van der Waals surface area contributed by atoms with E-state index in [2.05, 4.69) is 16.0 Å². The molecule has 12 heteroatoms. The van der Waals surface area contributed by atoms with Gasteiger partial charge in [-0.25, -0.2) is 4.79 Å². The van der Waals surface area contributed by atoms with Crippen molar-refractivity contribution in [2.45, 2.75) is 84.0 Å². The van der Waals surface area contributed by atoms with Gasteiger partial charge in [-0.05, 0) is 44.1 Å². The Balaban J connectivity index is 5.26. The number of amides is 3. The van der Waals surface area contributed by atoms with E-state index in [1.165, 1.54) is 0 Å². The molecule has 190 valence electrons. The Bertz CT molecular complexity index is 684. The van der Waals surface area contributed by atoms with Crippen molar-refractivity contribution in [3.63, 3.8) is 0 Å². The van der Waals surface area contributed by atoms with Crippen LogP contribution in [0.4, 0.5) is 0 Å². The van der Waals surface area contributed by atoms with E-state index in [4.69, 9.17) is 16.6 Å². The topological polar surface area (TPSA) is 214 Å². The summed E-state index contributed by atoms with van der Waals surface area (Å²) in [6.07, 6.45) is 0.963. The van der Waals surface area contributed by atoms with Crippen molar-refractivity contribution < 1.29 is 34.2 Å². The number of rotatable bonds is 16. The minimum atomic E-state index is -1.18.